The molecule has 0 N–H and O–H groups in total. The fourth-order valence-corrected chi connectivity index (χ4v) is 1.88. The number of carbonyl (C=O) groups is 1. The van der Waals surface area contributed by atoms with Crippen molar-refractivity contribution in [1.82, 2.24) is 0 Å². The maximum atomic E-state index is 13.7. The molecule has 1 aliphatic carbocycles. The molecule has 0 radical (unpaired) electrons. The fourth-order valence-electron chi connectivity index (χ4n) is 1.88. The number of benzene rings is 1. The number of fused-ring (bicyclic) bond motifs is 1. The van der Waals surface area contributed by atoms with Gasteiger partial charge in [0, 0.05) is 17.5 Å². The number of rotatable bonds is 1. The van der Waals surface area contributed by atoms with Crippen molar-refractivity contribution >= 4 is 5.78 Å². The van der Waals surface area contributed by atoms with Gasteiger partial charge in [-0.2, -0.15) is 0 Å². The average molecular weight is 212 g/mol. The summed E-state index contributed by atoms with van der Waals surface area (Å²) in [4.78, 5) is 11.4. The minimum absolute atomic E-state index is 0.164. The summed E-state index contributed by atoms with van der Waals surface area (Å²) in [5, 5.41) is 0. The lowest BCUT2D eigenvalue weighted by Gasteiger charge is -2.17. The van der Waals surface area contributed by atoms with E-state index in [1.165, 1.54) is 7.11 Å². The Morgan fingerprint density at radius 3 is 2.73 bits per heavy atom. The van der Waals surface area contributed by atoms with E-state index in [2.05, 4.69) is 4.74 Å². The molecule has 15 heavy (non-hydrogen) atoms. The number of Topliss-reactive ketones (excluding diaryl/α,β-unsaturated/α-hetero) is 1. The van der Waals surface area contributed by atoms with Crippen LogP contribution in [0.3, 0.4) is 0 Å². The number of carbonyl (C=O) groups excluding carboxylic acids is 1. The lowest BCUT2D eigenvalue weighted by Crippen LogP contribution is -2.14. The zero-order chi connectivity index (χ0) is 11.0. The van der Waals surface area contributed by atoms with Gasteiger partial charge >= 0.3 is 0 Å². The number of methoxy groups -OCH3 is 1. The summed E-state index contributed by atoms with van der Waals surface area (Å²) in [6.07, 6.45) is 1.43. The number of ether oxygens (including phenoxy) is 1. The molecule has 0 aliphatic heterocycles. The highest BCUT2D eigenvalue weighted by Crippen LogP contribution is 2.31. The van der Waals surface area contributed by atoms with E-state index in [1.54, 1.807) is 0 Å². The second-order valence-corrected chi connectivity index (χ2v) is 3.51. The lowest BCUT2D eigenvalue weighted by atomic mass is 9.90. The predicted octanol–water partition coefficient (Wildman–Crippen LogP) is 2.49. The molecule has 80 valence electrons. The highest BCUT2D eigenvalue weighted by molar-refractivity contribution is 5.98. The molecule has 2 rings (SSSR count). The van der Waals surface area contributed by atoms with Crippen molar-refractivity contribution in [2.45, 2.75) is 19.3 Å². The molecule has 0 spiro atoms. The lowest BCUT2D eigenvalue weighted by molar-refractivity contribution is 0.0970. The third kappa shape index (κ3) is 1.50. The first kappa shape index (κ1) is 10.1. The Balaban J connectivity index is 2.66. The van der Waals surface area contributed by atoms with Gasteiger partial charge in [-0.05, 0) is 18.9 Å². The topological polar surface area (TPSA) is 26.3 Å². The molecule has 1 aromatic carbocycles. The van der Waals surface area contributed by atoms with Crippen LogP contribution in [0.4, 0.5) is 8.78 Å². The van der Waals surface area contributed by atoms with E-state index in [1.807, 2.05) is 0 Å². The first-order valence-corrected chi connectivity index (χ1v) is 4.73. The number of hydrogen-bond acceptors (Lipinski definition) is 2. The zero-order valence-electron chi connectivity index (χ0n) is 8.27. The summed E-state index contributed by atoms with van der Waals surface area (Å²) >= 11 is 0. The molecule has 0 heterocycles. The van der Waals surface area contributed by atoms with E-state index in [9.17, 15) is 13.6 Å². The smallest absolute Gasteiger partial charge is 0.190 e. The van der Waals surface area contributed by atoms with Crippen molar-refractivity contribution in [2.75, 3.05) is 7.11 Å². The molecule has 2 nitrogen and oxygen atoms in total. The highest BCUT2D eigenvalue weighted by atomic mass is 19.1. The van der Waals surface area contributed by atoms with E-state index >= 15 is 0 Å². The van der Waals surface area contributed by atoms with E-state index in [-0.39, 0.29) is 16.9 Å². The molecule has 1 aromatic rings. The first-order chi connectivity index (χ1) is 7.15. The molecule has 0 aromatic heterocycles. The van der Waals surface area contributed by atoms with Crippen LogP contribution in [0, 0.1) is 11.6 Å². The Labute approximate surface area is 85.9 Å². The Kier molecular flexibility index (Phi) is 2.42. The van der Waals surface area contributed by atoms with Gasteiger partial charge in [-0.15, -0.1) is 0 Å². The van der Waals surface area contributed by atoms with Crippen LogP contribution in [0.2, 0.25) is 0 Å². The van der Waals surface area contributed by atoms with Gasteiger partial charge in [0.15, 0.2) is 23.2 Å². The van der Waals surface area contributed by atoms with Gasteiger partial charge in [-0.3, -0.25) is 4.79 Å². The highest BCUT2D eigenvalue weighted by Gasteiger charge is 2.25. The van der Waals surface area contributed by atoms with E-state index in [4.69, 9.17) is 0 Å². The van der Waals surface area contributed by atoms with Crippen LogP contribution in [0.15, 0.2) is 6.07 Å². The second-order valence-electron chi connectivity index (χ2n) is 3.51. The van der Waals surface area contributed by atoms with Crippen molar-refractivity contribution in [2.24, 2.45) is 0 Å². The maximum Gasteiger partial charge on any atom is 0.190 e. The summed E-state index contributed by atoms with van der Waals surface area (Å²) < 4.78 is 31.6. The molecule has 0 saturated carbocycles. The molecule has 0 atom stereocenters. The predicted molar refractivity (Wildman–Crippen MR) is 50.2 cm³/mol. The molecular weight excluding hydrogens is 202 g/mol. The van der Waals surface area contributed by atoms with E-state index in [0.717, 1.165) is 6.07 Å². The Hall–Kier alpha value is -1.45. The molecule has 0 unspecified atom stereocenters. The second kappa shape index (κ2) is 3.61. The van der Waals surface area contributed by atoms with Gasteiger partial charge in [-0.1, -0.05) is 0 Å². The van der Waals surface area contributed by atoms with Crippen molar-refractivity contribution in [1.29, 1.82) is 0 Å². The molecule has 0 fully saturated rings. The van der Waals surface area contributed by atoms with Gasteiger partial charge < -0.3 is 4.74 Å². The van der Waals surface area contributed by atoms with Crippen molar-refractivity contribution in [3.63, 3.8) is 0 Å². The van der Waals surface area contributed by atoms with Gasteiger partial charge in [0.1, 0.15) is 0 Å². The van der Waals surface area contributed by atoms with Crippen LogP contribution in [-0.2, 0) is 6.42 Å². The number of halogens is 2. The van der Waals surface area contributed by atoms with Crippen molar-refractivity contribution in [3.05, 3.63) is 28.8 Å². The summed E-state index contributed by atoms with van der Waals surface area (Å²) in [6.45, 7) is 0. The van der Waals surface area contributed by atoms with Crippen LogP contribution >= 0.6 is 0 Å². The largest absolute Gasteiger partial charge is 0.491 e. The van der Waals surface area contributed by atoms with Gasteiger partial charge in [0.2, 0.25) is 0 Å². The normalized spacial score (nSPS) is 15.0. The molecule has 0 saturated heterocycles. The Morgan fingerprint density at radius 1 is 1.33 bits per heavy atom. The monoisotopic (exact) mass is 212 g/mol. The minimum atomic E-state index is -0.816. The maximum absolute atomic E-state index is 13.7. The summed E-state index contributed by atoms with van der Waals surface area (Å²) in [6, 6.07) is 1.07. The van der Waals surface area contributed by atoms with Crippen molar-refractivity contribution in [3.8, 4) is 5.75 Å². The third-order valence-corrected chi connectivity index (χ3v) is 2.61. The molecule has 1 aliphatic rings. The SMILES string of the molecule is COc1c(F)cc2c(c1F)CCCC2=O. The fraction of sp³-hybridized carbons (Fsp3) is 0.364. The van der Waals surface area contributed by atoms with Crippen LogP contribution < -0.4 is 4.74 Å². The molecular formula is C11H10F2O2. The van der Waals surface area contributed by atoms with Crippen LogP contribution in [0.5, 0.6) is 5.75 Å². The first-order valence-electron chi connectivity index (χ1n) is 4.73. The van der Waals surface area contributed by atoms with E-state index < -0.39 is 17.4 Å². The van der Waals surface area contributed by atoms with Crippen LogP contribution in [0.1, 0.15) is 28.8 Å². The third-order valence-electron chi connectivity index (χ3n) is 2.61. The van der Waals surface area contributed by atoms with E-state index in [0.29, 0.717) is 19.3 Å². The van der Waals surface area contributed by atoms with Gasteiger partial charge in [0.05, 0.1) is 7.11 Å². The zero-order valence-corrected chi connectivity index (χ0v) is 8.27. The summed E-state index contributed by atoms with van der Waals surface area (Å²) in [5.41, 5.74) is 0.446. The molecule has 0 amide bonds. The standard InChI is InChI=1S/C11H10F2O2/c1-15-11-8(12)5-7-6(10(11)13)3-2-4-9(7)14/h5H,2-4H2,1H3. The van der Waals surface area contributed by atoms with Crippen LogP contribution in [0.25, 0.3) is 0 Å². The summed E-state index contributed by atoms with van der Waals surface area (Å²) in [5.74, 6) is -2.15. The molecule has 0 bridgehead atoms. The summed E-state index contributed by atoms with van der Waals surface area (Å²) in [7, 11) is 1.21. The quantitative estimate of drug-likeness (QED) is 0.714. The van der Waals surface area contributed by atoms with Gasteiger partial charge in [-0.25, -0.2) is 8.78 Å². The van der Waals surface area contributed by atoms with Gasteiger partial charge in [0.25, 0.3) is 0 Å². The minimum Gasteiger partial charge on any atom is -0.491 e. The Bertz CT molecular complexity index is 427. The van der Waals surface area contributed by atoms with Crippen molar-refractivity contribution < 1.29 is 18.3 Å². The molecule has 4 heteroatoms. The van der Waals surface area contributed by atoms with Crippen LogP contribution in [-0.4, -0.2) is 12.9 Å². The number of hydrogen-bond donors (Lipinski definition) is 0. The Morgan fingerprint density at radius 2 is 2.07 bits per heavy atom. The average Bonchev–Trinajstić information content (AvgIpc) is 2.20. The number of ketones is 1.